The van der Waals surface area contributed by atoms with Crippen LogP contribution in [0, 0.1) is 5.82 Å². The highest BCUT2D eigenvalue weighted by molar-refractivity contribution is 6.30. The number of benzene rings is 1. The van der Waals surface area contributed by atoms with Gasteiger partial charge in [-0.15, -0.1) is 0 Å². The molecule has 1 N–H and O–H groups in total. The van der Waals surface area contributed by atoms with Crippen LogP contribution in [0.3, 0.4) is 0 Å². The van der Waals surface area contributed by atoms with Crippen LogP contribution < -0.4 is 10.2 Å². The van der Waals surface area contributed by atoms with E-state index in [9.17, 15) is 9.18 Å². The van der Waals surface area contributed by atoms with Crippen molar-refractivity contribution < 1.29 is 9.18 Å². The van der Waals surface area contributed by atoms with Gasteiger partial charge in [0.1, 0.15) is 0 Å². The van der Waals surface area contributed by atoms with Gasteiger partial charge in [-0.1, -0.05) is 17.7 Å². The maximum Gasteiger partial charge on any atom is 0.254 e. The average Bonchev–Trinajstić information content (AvgIpc) is 2.96. The van der Waals surface area contributed by atoms with Crippen molar-refractivity contribution in [3.8, 4) is 0 Å². The molecule has 0 aliphatic carbocycles. The molecular weight excluding hydrogens is 305 g/mol. The van der Waals surface area contributed by atoms with E-state index in [4.69, 9.17) is 11.6 Å². The molecule has 0 saturated carbocycles. The molecule has 6 heteroatoms. The molecule has 2 aromatic rings. The van der Waals surface area contributed by atoms with Gasteiger partial charge in [0.05, 0.1) is 11.8 Å². The average molecular weight is 320 g/mol. The molecule has 114 valence electrons. The number of anilines is 1. The fourth-order valence-electron chi connectivity index (χ4n) is 2.61. The maximum atomic E-state index is 13.6. The van der Waals surface area contributed by atoms with Crippen LogP contribution in [0.25, 0.3) is 0 Å². The summed E-state index contributed by atoms with van der Waals surface area (Å²) >= 11 is 6.00. The minimum absolute atomic E-state index is 0.0148. The van der Waals surface area contributed by atoms with Crippen LogP contribution in [0.1, 0.15) is 16.8 Å². The molecule has 1 saturated heterocycles. The number of pyridine rings is 1. The molecule has 1 aromatic heterocycles. The quantitative estimate of drug-likeness (QED) is 0.946. The number of carbonyl (C=O) groups is 1. The van der Waals surface area contributed by atoms with Crippen LogP contribution in [0.15, 0.2) is 42.7 Å². The zero-order valence-corrected chi connectivity index (χ0v) is 12.6. The molecule has 0 spiro atoms. The topological polar surface area (TPSA) is 45.2 Å². The van der Waals surface area contributed by atoms with Crippen LogP contribution in [0.5, 0.6) is 0 Å². The molecule has 1 aromatic carbocycles. The van der Waals surface area contributed by atoms with Crippen molar-refractivity contribution >= 4 is 23.2 Å². The third-order valence-electron chi connectivity index (χ3n) is 3.71. The molecule has 1 atom stereocenters. The minimum Gasteiger partial charge on any atom is -0.369 e. The zero-order chi connectivity index (χ0) is 15.5. The Balaban J connectivity index is 1.64. The van der Waals surface area contributed by atoms with E-state index >= 15 is 0 Å². The van der Waals surface area contributed by atoms with Gasteiger partial charge < -0.3 is 10.2 Å². The third-order valence-corrected chi connectivity index (χ3v) is 3.95. The first-order chi connectivity index (χ1) is 10.6. The summed E-state index contributed by atoms with van der Waals surface area (Å²) < 4.78 is 13.6. The first kappa shape index (κ1) is 14.8. The zero-order valence-electron chi connectivity index (χ0n) is 11.8. The number of aromatic nitrogens is 1. The third kappa shape index (κ3) is 3.20. The maximum absolute atomic E-state index is 13.6. The Labute approximate surface area is 132 Å². The van der Waals surface area contributed by atoms with Gasteiger partial charge in [0.15, 0.2) is 5.82 Å². The van der Waals surface area contributed by atoms with Crippen LogP contribution in [0.2, 0.25) is 5.02 Å². The second-order valence-electron chi connectivity index (χ2n) is 5.24. The van der Waals surface area contributed by atoms with Gasteiger partial charge in [-0.3, -0.25) is 9.78 Å². The van der Waals surface area contributed by atoms with Crippen LogP contribution in [-0.4, -0.2) is 30.0 Å². The molecule has 3 rings (SSSR count). The number of hydrogen-bond donors (Lipinski definition) is 1. The van der Waals surface area contributed by atoms with Gasteiger partial charge in [-0.2, -0.15) is 0 Å². The predicted molar refractivity (Wildman–Crippen MR) is 83.7 cm³/mol. The van der Waals surface area contributed by atoms with Crippen molar-refractivity contribution in [1.29, 1.82) is 0 Å². The number of rotatable bonds is 3. The van der Waals surface area contributed by atoms with Crippen LogP contribution in [-0.2, 0) is 0 Å². The van der Waals surface area contributed by atoms with Crippen LogP contribution in [0.4, 0.5) is 10.1 Å². The summed E-state index contributed by atoms with van der Waals surface area (Å²) in [5.41, 5.74) is 1.05. The molecule has 1 aliphatic rings. The summed E-state index contributed by atoms with van der Waals surface area (Å²) in [4.78, 5) is 17.9. The lowest BCUT2D eigenvalue weighted by atomic mass is 10.2. The number of nitrogens with one attached hydrogen (secondary N) is 1. The summed E-state index contributed by atoms with van der Waals surface area (Å²) in [7, 11) is 0. The molecule has 1 unspecified atom stereocenters. The standard InChI is InChI=1S/C16H15ClFN3O/c17-11-2-1-3-13(8-11)21-7-5-12(10-21)20-16(22)14-4-6-19-9-15(14)18/h1-4,6,8-9,12H,5,7,10H2,(H,20,22). The van der Waals surface area contributed by atoms with Crippen molar-refractivity contribution in [2.24, 2.45) is 0 Å². The molecule has 1 fully saturated rings. The lowest BCUT2D eigenvalue weighted by molar-refractivity contribution is 0.0936. The monoisotopic (exact) mass is 319 g/mol. The van der Waals surface area contributed by atoms with E-state index in [1.54, 1.807) is 0 Å². The summed E-state index contributed by atoms with van der Waals surface area (Å²) in [5, 5.41) is 3.55. The van der Waals surface area contributed by atoms with E-state index in [0.717, 1.165) is 24.8 Å². The van der Waals surface area contributed by atoms with Gasteiger partial charge in [0.25, 0.3) is 5.91 Å². The number of halogens is 2. The summed E-state index contributed by atoms with van der Waals surface area (Å²) in [5.74, 6) is -1.01. The Bertz CT molecular complexity index is 695. The Morgan fingerprint density at radius 2 is 2.27 bits per heavy atom. The van der Waals surface area contributed by atoms with Gasteiger partial charge in [0, 0.05) is 36.0 Å². The highest BCUT2D eigenvalue weighted by Crippen LogP contribution is 2.23. The molecule has 0 radical (unpaired) electrons. The van der Waals surface area contributed by atoms with E-state index in [-0.39, 0.29) is 11.6 Å². The Morgan fingerprint density at radius 1 is 1.41 bits per heavy atom. The van der Waals surface area contributed by atoms with E-state index in [2.05, 4.69) is 15.2 Å². The Morgan fingerprint density at radius 3 is 3.05 bits per heavy atom. The van der Waals surface area contributed by atoms with Gasteiger partial charge >= 0.3 is 0 Å². The SMILES string of the molecule is O=C(NC1CCN(c2cccc(Cl)c2)C1)c1ccncc1F. The predicted octanol–water partition coefficient (Wildman–Crippen LogP) is 2.88. The highest BCUT2D eigenvalue weighted by atomic mass is 35.5. The lowest BCUT2D eigenvalue weighted by Crippen LogP contribution is -2.37. The van der Waals surface area contributed by atoms with Gasteiger partial charge in [-0.05, 0) is 30.7 Å². The van der Waals surface area contributed by atoms with Crippen molar-refractivity contribution in [2.75, 3.05) is 18.0 Å². The van der Waals surface area contributed by atoms with E-state index in [1.165, 1.54) is 12.3 Å². The summed E-state index contributed by atoms with van der Waals surface area (Å²) in [6.07, 6.45) is 3.26. The van der Waals surface area contributed by atoms with Crippen molar-refractivity contribution in [1.82, 2.24) is 10.3 Å². The van der Waals surface area contributed by atoms with Crippen molar-refractivity contribution in [3.63, 3.8) is 0 Å². The largest absolute Gasteiger partial charge is 0.369 e. The minimum atomic E-state index is -0.607. The van der Waals surface area contributed by atoms with Gasteiger partial charge in [-0.25, -0.2) is 4.39 Å². The molecule has 1 aliphatic heterocycles. The first-order valence-electron chi connectivity index (χ1n) is 7.04. The number of hydrogen-bond acceptors (Lipinski definition) is 3. The first-order valence-corrected chi connectivity index (χ1v) is 7.42. The highest BCUT2D eigenvalue weighted by Gasteiger charge is 2.25. The smallest absolute Gasteiger partial charge is 0.254 e. The second kappa shape index (κ2) is 6.32. The van der Waals surface area contributed by atoms with E-state index < -0.39 is 11.7 Å². The summed E-state index contributed by atoms with van der Waals surface area (Å²) in [6, 6.07) is 8.98. The normalized spacial score (nSPS) is 17.5. The van der Waals surface area contributed by atoms with Crippen molar-refractivity contribution in [3.05, 3.63) is 59.1 Å². The van der Waals surface area contributed by atoms with Crippen LogP contribution >= 0.6 is 11.6 Å². The van der Waals surface area contributed by atoms with Gasteiger partial charge in [0.2, 0.25) is 0 Å². The van der Waals surface area contributed by atoms with Crippen molar-refractivity contribution in [2.45, 2.75) is 12.5 Å². The Kier molecular flexibility index (Phi) is 4.24. The fourth-order valence-corrected chi connectivity index (χ4v) is 2.79. The molecule has 4 nitrogen and oxygen atoms in total. The number of carbonyl (C=O) groups excluding carboxylic acids is 1. The number of amides is 1. The fraction of sp³-hybridized carbons (Fsp3) is 0.250. The Hall–Kier alpha value is -2.14. The van der Waals surface area contributed by atoms with E-state index in [0.29, 0.717) is 11.6 Å². The molecule has 2 heterocycles. The molecule has 0 bridgehead atoms. The molecule has 22 heavy (non-hydrogen) atoms. The van der Waals surface area contributed by atoms with E-state index in [1.807, 2.05) is 24.3 Å². The molecule has 1 amide bonds. The summed E-state index contributed by atoms with van der Waals surface area (Å²) in [6.45, 7) is 1.50. The number of nitrogens with zero attached hydrogens (tertiary/aromatic N) is 2. The molecular formula is C16H15ClFN3O. The lowest BCUT2D eigenvalue weighted by Gasteiger charge is -2.19. The second-order valence-corrected chi connectivity index (χ2v) is 5.68.